The number of nitrogens with two attached hydrogens (primary N) is 1. The van der Waals surface area contributed by atoms with Crippen LogP contribution in [0.2, 0.25) is 0 Å². The predicted octanol–water partition coefficient (Wildman–Crippen LogP) is 1.54. The van der Waals surface area contributed by atoms with E-state index in [9.17, 15) is 29.7 Å². The van der Waals surface area contributed by atoms with E-state index in [4.69, 9.17) is 15.2 Å². The van der Waals surface area contributed by atoms with Crippen molar-refractivity contribution in [2.45, 2.75) is 69.4 Å². The van der Waals surface area contributed by atoms with E-state index >= 15 is 0 Å². The third-order valence-electron chi connectivity index (χ3n) is 7.37. The first-order valence-corrected chi connectivity index (χ1v) is 11.6. The van der Waals surface area contributed by atoms with Gasteiger partial charge in [-0.25, -0.2) is 0 Å². The largest absolute Gasteiger partial charge is 0.507 e. The number of ketones is 3. The second kappa shape index (κ2) is 8.32. The lowest BCUT2D eigenvalue weighted by Crippen LogP contribution is -2.54. The van der Waals surface area contributed by atoms with Gasteiger partial charge < -0.3 is 30.5 Å². The molecule has 1 saturated heterocycles. The number of Topliss-reactive ketones (excluding diaryl/α,β-unsaturated/α-hetero) is 3. The fourth-order valence-corrected chi connectivity index (χ4v) is 5.32. The number of rotatable bonds is 3. The number of ether oxygens (including phenoxy) is 2. The molecule has 2 aromatic carbocycles. The number of fused-ring (bicyclic) bond motifs is 2. The van der Waals surface area contributed by atoms with Crippen LogP contribution < -0.4 is 5.73 Å². The molecule has 5 N–H and O–H groups in total. The van der Waals surface area contributed by atoms with Crippen molar-refractivity contribution in [3.05, 3.63) is 52.6 Å². The molecule has 0 amide bonds. The minimum Gasteiger partial charge on any atom is -0.507 e. The van der Waals surface area contributed by atoms with Gasteiger partial charge in [0.15, 0.2) is 23.6 Å². The molecule has 0 bridgehead atoms. The number of aliphatic hydroxyl groups is 2. The molecule has 0 radical (unpaired) electrons. The second-order valence-corrected chi connectivity index (χ2v) is 9.67. The molecule has 9 nitrogen and oxygen atoms in total. The van der Waals surface area contributed by atoms with Gasteiger partial charge in [-0.2, -0.15) is 0 Å². The fourth-order valence-electron chi connectivity index (χ4n) is 5.32. The number of phenols is 1. The Morgan fingerprint density at radius 1 is 1.23 bits per heavy atom. The van der Waals surface area contributed by atoms with Gasteiger partial charge in [0.25, 0.3) is 0 Å². The summed E-state index contributed by atoms with van der Waals surface area (Å²) in [6.45, 7) is 2.85. The maximum atomic E-state index is 13.7. The Balaban J connectivity index is 1.61. The summed E-state index contributed by atoms with van der Waals surface area (Å²) in [7, 11) is 0. The van der Waals surface area contributed by atoms with Gasteiger partial charge in [0.1, 0.15) is 11.4 Å². The first-order valence-electron chi connectivity index (χ1n) is 11.6. The van der Waals surface area contributed by atoms with Crippen molar-refractivity contribution in [3.63, 3.8) is 0 Å². The molecule has 0 spiro atoms. The molecular formula is C26H27NO8. The minimum atomic E-state index is -1.94. The van der Waals surface area contributed by atoms with Gasteiger partial charge >= 0.3 is 0 Å². The van der Waals surface area contributed by atoms with E-state index in [1.54, 1.807) is 37.3 Å². The smallest absolute Gasteiger partial charge is 0.194 e. The van der Waals surface area contributed by atoms with Crippen molar-refractivity contribution in [2.75, 3.05) is 0 Å². The highest BCUT2D eigenvalue weighted by Crippen LogP contribution is 2.45. The van der Waals surface area contributed by atoms with Gasteiger partial charge in [0.05, 0.1) is 23.9 Å². The molecule has 3 aliphatic rings. The van der Waals surface area contributed by atoms with E-state index in [-0.39, 0.29) is 47.3 Å². The fraction of sp³-hybridized carbons (Fsp3) is 0.423. The Labute approximate surface area is 201 Å². The summed E-state index contributed by atoms with van der Waals surface area (Å²) in [4.78, 5) is 39.8. The molecule has 35 heavy (non-hydrogen) atoms. The normalized spacial score (nSPS) is 33.0. The summed E-state index contributed by atoms with van der Waals surface area (Å²) in [5, 5.41) is 33.1. The van der Waals surface area contributed by atoms with Crippen LogP contribution in [0.25, 0.3) is 10.8 Å². The summed E-state index contributed by atoms with van der Waals surface area (Å²) in [5.74, 6) is -2.03. The molecule has 0 aromatic heterocycles. The Morgan fingerprint density at radius 3 is 2.63 bits per heavy atom. The number of hydrogen-bond acceptors (Lipinski definition) is 9. The third kappa shape index (κ3) is 3.71. The lowest BCUT2D eigenvalue weighted by molar-refractivity contribution is -0.239. The number of aliphatic hydroxyl groups excluding tert-OH is 1. The average Bonchev–Trinajstić information content (AvgIpc) is 2.80. The lowest BCUT2D eigenvalue weighted by atomic mass is 9.69. The topological polar surface area (TPSA) is 156 Å². The van der Waals surface area contributed by atoms with E-state index < -0.39 is 53.6 Å². The summed E-state index contributed by atoms with van der Waals surface area (Å²) in [6.07, 6.45) is -4.09. The van der Waals surface area contributed by atoms with Crippen LogP contribution in [0.1, 0.15) is 53.8 Å². The number of carbonyl (C=O) groups is 3. The molecule has 1 aliphatic heterocycles. The maximum Gasteiger partial charge on any atom is 0.194 e. The number of carbonyl (C=O) groups excluding carboxylic acids is 3. The van der Waals surface area contributed by atoms with Crippen LogP contribution in [0.3, 0.4) is 0 Å². The van der Waals surface area contributed by atoms with Crippen molar-refractivity contribution in [3.8, 4) is 5.75 Å². The van der Waals surface area contributed by atoms with Crippen LogP contribution in [0, 0.1) is 0 Å². The van der Waals surface area contributed by atoms with E-state index in [1.165, 1.54) is 6.92 Å². The van der Waals surface area contributed by atoms with Gasteiger partial charge in [-0.15, -0.1) is 0 Å². The van der Waals surface area contributed by atoms with E-state index in [0.29, 0.717) is 10.8 Å². The van der Waals surface area contributed by atoms with Crippen LogP contribution in [-0.4, -0.2) is 68.9 Å². The molecule has 2 aliphatic carbocycles. The number of hydrogen-bond donors (Lipinski definition) is 4. The molecule has 0 unspecified atom stereocenters. The van der Waals surface area contributed by atoms with Crippen molar-refractivity contribution in [2.24, 2.45) is 5.73 Å². The third-order valence-corrected chi connectivity index (χ3v) is 7.37. The Morgan fingerprint density at radius 2 is 1.94 bits per heavy atom. The van der Waals surface area contributed by atoms with Crippen LogP contribution in [-0.2, 0) is 14.3 Å². The zero-order valence-corrected chi connectivity index (χ0v) is 19.4. The summed E-state index contributed by atoms with van der Waals surface area (Å²) >= 11 is 0. The van der Waals surface area contributed by atoms with Gasteiger partial charge in [-0.1, -0.05) is 24.3 Å². The quantitative estimate of drug-likeness (QED) is 0.511. The monoisotopic (exact) mass is 481 g/mol. The Hall–Kier alpha value is -2.95. The van der Waals surface area contributed by atoms with Gasteiger partial charge in [0, 0.05) is 47.4 Å². The highest BCUT2D eigenvalue weighted by molar-refractivity contribution is 6.30. The number of aromatic hydroxyl groups is 1. The van der Waals surface area contributed by atoms with Crippen molar-refractivity contribution in [1.29, 1.82) is 0 Å². The summed E-state index contributed by atoms with van der Waals surface area (Å²) in [5.41, 5.74) is 3.94. The zero-order chi connectivity index (χ0) is 25.2. The second-order valence-electron chi connectivity index (χ2n) is 9.67. The molecule has 1 heterocycles. The summed E-state index contributed by atoms with van der Waals surface area (Å²) < 4.78 is 11.8. The molecule has 6 atom stereocenters. The number of benzene rings is 2. The zero-order valence-electron chi connectivity index (χ0n) is 19.4. The van der Waals surface area contributed by atoms with Crippen molar-refractivity contribution in [1.82, 2.24) is 0 Å². The Bertz CT molecular complexity index is 1290. The number of phenolic OH excluding ortho intramolecular Hbond substituents is 1. The van der Waals surface area contributed by atoms with Gasteiger partial charge in [-0.05, 0) is 25.3 Å². The molecule has 5 rings (SSSR count). The van der Waals surface area contributed by atoms with Crippen LogP contribution in [0.15, 0.2) is 41.5 Å². The summed E-state index contributed by atoms with van der Waals surface area (Å²) in [6, 6.07) is 7.75. The van der Waals surface area contributed by atoms with Crippen molar-refractivity contribution < 1.29 is 39.2 Å². The van der Waals surface area contributed by atoms with Crippen LogP contribution in [0.4, 0.5) is 0 Å². The van der Waals surface area contributed by atoms with Crippen LogP contribution in [0.5, 0.6) is 5.75 Å². The molecule has 9 heteroatoms. The molecule has 2 aromatic rings. The predicted molar refractivity (Wildman–Crippen MR) is 124 cm³/mol. The molecular weight excluding hydrogens is 454 g/mol. The standard InChI is InChI=1S/C26H27NO8/c1-11-22(29)17(27)8-19(34-11)35-18-10-26(33,12(2)28)9-16-20(18)24(31)15-7-13-5-3-4-6-14(13)23(30)21(15)25(16)32/h3-7,11,17-19,22,29-30,33H,8-10,27H2,1-2H3/t11-,17-,18-,19-,22+,26-/m0/s1. The van der Waals surface area contributed by atoms with E-state index in [2.05, 4.69) is 0 Å². The van der Waals surface area contributed by atoms with E-state index in [1.807, 2.05) is 0 Å². The highest BCUT2D eigenvalue weighted by Gasteiger charge is 2.50. The van der Waals surface area contributed by atoms with Crippen LogP contribution >= 0.6 is 0 Å². The first kappa shape index (κ1) is 23.8. The van der Waals surface area contributed by atoms with Gasteiger partial charge in [0.2, 0.25) is 0 Å². The SMILES string of the molecule is CC(=O)[C@]1(O)CC2=C(C(=O)c3cc4ccccc4c(O)c3C2=O)[C@@H](O[C@H]2C[C@H](N)[C@H](O)[C@H](C)O2)C1. The first-order chi connectivity index (χ1) is 16.5. The van der Waals surface area contributed by atoms with Crippen molar-refractivity contribution >= 4 is 28.1 Å². The molecule has 0 saturated carbocycles. The molecule has 184 valence electrons. The average molecular weight is 482 g/mol. The Kier molecular flexibility index (Phi) is 5.65. The molecule has 1 fully saturated rings. The maximum absolute atomic E-state index is 13.7. The lowest BCUT2D eigenvalue weighted by Gasteiger charge is -2.42. The van der Waals surface area contributed by atoms with E-state index in [0.717, 1.165) is 0 Å². The highest BCUT2D eigenvalue weighted by atomic mass is 16.7. The minimum absolute atomic E-state index is 0.0388. The van der Waals surface area contributed by atoms with Gasteiger partial charge in [-0.3, -0.25) is 14.4 Å².